The number of carbonyl (C=O) groups is 1. The lowest BCUT2D eigenvalue weighted by Crippen LogP contribution is -2.47. The summed E-state index contributed by atoms with van der Waals surface area (Å²) in [5, 5.41) is 0.363. The predicted octanol–water partition coefficient (Wildman–Crippen LogP) is 9.72. The number of rotatable bonds is 13. The molecular weight excluding hydrogens is 715 g/mol. The number of piperazine rings is 1. The molecule has 0 N–H and O–H groups in total. The van der Waals surface area contributed by atoms with Gasteiger partial charge in [0.1, 0.15) is 18.1 Å². The lowest BCUT2D eigenvalue weighted by Gasteiger charge is -2.34. The summed E-state index contributed by atoms with van der Waals surface area (Å²) < 4.78 is 56.0. The number of benzene rings is 4. The van der Waals surface area contributed by atoms with E-state index in [9.17, 15) is 18.0 Å². The fourth-order valence-electron chi connectivity index (χ4n) is 5.95. The zero-order valence-corrected chi connectivity index (χ0v) is 30.9. The van der Waals surface area contributed by atoms with Gasteiger partial charge in [-0.3, -0.25) is 9.69 Å². The maximum Gasteiger partial charge on any atom is 0.416 e. The van der Waals surface area contributed by atoms with Crippen LogP contribution in [0, 0.1) is 13.8 Å². The molecule has 11 heteroatoms. The van der Waals surface area contributed by atoms with E-state index in [1.165, 1.54) is 35.0 Å². The van der Waals surface area contributed by atoms with Gasteiger partial charge in [-0.05, 0) is 90.2 Å². The number of halogens is 4. The Kier molecular flexibility index (Phi) is 12.6. The first-order valence-corrected chi connectivity index (χ1v) is 18.1. The Bertz CT molecular complexity index is 2010. The predicted molar refractivity (Wildman–Crippen MR) is 204 cm³/mol. The average Bonchev–Trinajstić information content (AvgIpc) is 3.16. The van der Waals surface area contributed by atoms with E-state index >= 15 is 0 Å². The number of alkyl halides is 3. The van der Waals surface area contributed by atoms with Crippen molar-refractivity contribution in [3.8, 4) is 23.1 Å². The van der Waals surface area contributed by atoms with E-state index in [1.807, 2.05) is 30.0 Å². The SMILES string of the molecule is Cc1ccc(CCOc2ccc(CN3CCN(C(=O)/C=C/c4cc(C)c(Oc5ccc(OCc6ccc(C(F)(F)F)cc6)cn5)c(Cl)c4)CC3)cc2)cc1. The summed E-state index contributed by atoms with van der Waals surface area (Å²) in [6, 6.07) is 28.4. The third-order valence-electron chi connectivity index (χ3n) is 9.07. The van der Waals surface area contributed by atoms with Crippen molar-refractivity contribution in [2.75, 3.05) is 32.8 Å². The molecule has 5 aromatic rings. The van der Waals surface area contributed by atoms with Gasteiger partial charge in [0.25, 0.3) is 0 Å². The van der Waals surface area contributed by atoms with Crippen molar-refractivity contribution < 1.29 is 32.2 Å². The maximum absolute atomic E-state index is 13.0. The van der Waals surface area contributed by atoms with Crippen LogP contribution in [0.5, 0.6) is 23.1 Å². The normalized spacial score (nSPS) is 13.6. The van der Waals surface area contributed by atoms with Crippen LogP contribution in [-0.2, 0) is 30.5 Å². The number of amides is 1. The number of pyridine rings is 1. The number of aryl methyl sites for hydroxylation is 2. The molecule has 1 aliphatic rings. The highest BCUT2D eigenvalue weighted by molar-refractivity contribution is 6.32. The van der Waals surface area contributed by atoms with Crippen LogP contribution in [0.1, 0.15) is 38.9 Å². The second-order valence-corrected chi connectivity index (χ2v) is 13.6. The Morgan fingerprint density at radius 3 is 2.13 bits per heavy atom. The average molecular weight is 756 g/mol. The summed E-state index contributed by atoms with van der Waals surface area (Å²) in [6.07, 6.45) is 1.27. The standard InChI is InChI=1S/C43H41ClF3N3O4/c1-30-3-5-32(6-4-30)19-24-52-37-14-9-33(10-15-37)28-49-20-22-50(23-21-49)41(51)18-11-35-25-31(2)42(39(44)26-35)54-40-17-16-38(27-48-40)53-29-34-7-12-36(13-8-34)43(45,46)47/h3-18,25-27H,19-24,28-29H2,1-2H3/b18-11+. The van der Waals surface area contributed by atoms with Gasteiger partial charge in [0.2, 0.25) is 11.8 Å². The van der Waals surface area contributed by atoms with Gasteiger partial charge in [-0.25, -0.2) is 4.98 Å². The minimum atomic E-state index is -4.39. The minimum absolute atomic E-state index is 0.0549. The lowest BCUT2D eigenvalue weighted by atomic mass is 10.1. The molecule has 0 saturated carbocycles. The van der Waals surface area contributed by atoms with Gasteiger partial charge in [-0.15, -0.1) is 0 Å². The van der Waals surface area contributed by atoms with Crippen molar-refractivity contribution in [1.29, 1.82) is 0 Å². The summed E-state index contributed by atoms with van der Waals surface area (Å²) in [4.78, 5) is 21.5. The van der Waals surface area contributed by atoms with Crippen LogP contribution in [0.4, 0.5) is 13.2 Å². The molecular formula is C43H41ClF3N3O4. The Morgan fingerprint density at radius 1 is 0.815 bits per heavy atom. The van der Waals surface area contributed by atoms with Gasteiger partial charge >= 0.3 is 6.18 Å². The zero-order valence-electron chi connectivity index (χ0n) is 30.1. The van der Waals surface area contributed by atoms with Crippen LogP contribution in [0.2, 0.25) is 5.02 Å². The summed E-state index contributed by atoms with van der Waals surface area (Å²) in [5.74, 6) is 1.96. The van der Waals surface area contributed by atoms with E-state index in [4.69, 9.17) is 25.8 Å². The molecule has 2 heterocycles. The number of ether oxygens (including phenoxy) is 3. The van der Waals surface area contributed by atoms with Gasteiger partial charge in [-0.1, -0.05) is 65.7 Å². The molecule has 0 aliphatic carbocycles. The Morgan fingerprint density at radius 2 is 1.48 bits per heavy atom. The van der Waals surface area contributed by atoms with Crippen LogP contribution in [0.3, 0.4) is 0 Å². The number of hydrogen-bond acceptors (Lipinski definition) is 6. The summed E-state index contributed by atoms with van der Waals surface area (Å²) >= 11 is 6.59. The second-order valence-electron chi connectivity index (χ2n) is 13.2. The molecule has 1 aliphatic heterocycles. The quantitative estimate of drug-likeness (QED) is 0.112. The molecule has 0 radical (unpaired) electrons. The van der Waals surface area contributed by atoms with Gasteiger partial charge < -0.3 is 19.1 Å². The van der Waals surface area contributed by atoms with Crippen molar-refractivity contribution in [2.45, 2.75) is 39.6 Å². The highest BCUT2D eigenvalue weighted by Gasteiger charge is 2.30. The van der Waals surface area contributed by atoms with Crippen molar-refractivity contribution in [2.24, 2.45) is 0 Å². The number of carbonyl (C=O) groups excluding carboxylic acids is 1. The molecule has 7 nitrogen and oxygen atoms in total. The van der Waals surface area contributed by atoms with Crippen LogP contribution in [0.25, 0.3) is 6.08 Å². The molecule has 280 valence electrons. The van der Waals surface area contributed by atoms with Gasteiger partial charge in [-0.2, -0.15) is 13.2 Å². The Hall–Kier alpha value is -5.32. The first kappa shape index (κ1) is 38.4. The molecule has 1 amide bonds. The van der Waals surface area contributed by atoms with Gasteiger partial charge in [0, 0.05) is 51.3 Å². The molecule has 6 rings (SSSR count). The Labute approximate surface area is 318 Å². The zero-order chi connectivity index (χ0) is 38.1. The number of hydrogen-bond donors (Lipinski definition) is 0. The van der Waals surface area contributed by atoms with E-state index in [1.54, 1.807) is 30.4 Å². The maximum atomic E-state index is 13.0. The third-order valence-corrected chi connectivity index (χ3v) is 9.35. The largest absolute Gasteiger partial charge is 0.493 e. The summed E-state index contributed by atoms with van der Waals surface area (Å²) in [7, 11) is 0. The lowest BCUT2D eigenvalue weighted by molar-refractivity contribution is -0.137. The van der Waals surface area contributed by atoms with Crippen LogP contribution < -0.4 is 14.2 Å². The van der Waals surface area contributed by atoms with Crippen molar-refractivity contribution in [3.63, 3.8) is 0 Å². The summed E-state index contributed by atoms with van der Waals surface area (Å²) in [5.41, 5.74) is 5.12. The molecule has 54 heavy (non-hydrogen) atoms. The number of nitrogens with zero attached hydrogens (tertiary/aromatic N) is 3. The van der Waals surface area contributed by atoms with Gasteiger partial charge in [0.15, 0.2) is 5.75 Å². The highest BCUT2D eigenvalue weighted by Crippen LogP contribution is 2.34. The molecule has 0 bridgehead atoms. The van der Waals surface area contributed by atoms with E-state index in [-0.39, 0.29) is 18.4 Å². The van der Waals surface area contributed by atoms with E-state index in [2.05, 4.69) is 53.2 Å². The van der Waals surface area contributed by atoms with Crippen molar-refractivity contribution >= 4 is 23.6 Å². The molecule has 4 aromatic carbocycles. The van der Waals surface area contributed by atoms with Crippen LogP contribution in [0.15, 0.2) is 109 Å². The fraction of sp³-hybridized carbons (Fsp3) is 0.256. The first-order valence-electron chi connectivity index (χ1n) is 17.7. The topological polar surface area (TPSA) is 64.1 Å². The van der Waals surface area contributed by atoms with Crippen LogP contribution >= 0.6 is 11.6 Å². The van der Waals surface area contributed by atoms with E-state index in [0.717, 1.165) is 55.1 Å². The number of aromatic nitrogens is 1. The molecule has 1 aromatic heterocycles. The summed E-state index contributed by atoms with van der Waals surface area (Å²) in [6.45, 7) is 8.32. The second kappa shape index (κ2) is 17.7. The molecule has 0 unspecified atom stereocenters. The monoisotopic (exact) mass is 755 g/mol. The highest BCUT2D eigenvalue weighted by atomic mass is 35.5. The molecule has 0 atom stereocenters. The van der Waals surface area contributed by atoms with Crippen molar-refractivity contribution in [3.05, 3.63) is 153 Å². The van der Waals surface area contributed by atoms with E-state index in [0.29, 0.717) is 41.8 Å². The Balaban J connectivity index is 0.929. The smallest absolute Gasteiger partial charge is 0.416 e. The molecule has 1 fully saturated rings. The third kappa shape index (κ3) is 10.9. The van der Waals surface area contributed by atoms with E-state index < -0.39 is 11.7 Å². The first-order chi connectivity index (χ1) is 26.0. The fourth-order valence-corrected chi connectivity index (χ4v) is 6.26. The van der Waals surface area contributed by atoms with Crippen LogP contribution in [-0.4, -0.2) is 53.5 Å². The molecule has 1 saturated heterocycles. The minimum Gasteiger partial charge on any atom is -0.493 e. The molecule has 0 spiro atoms. The van der Waals surface area contributed by atoms with Crippen molar-refractivity contribution in [1.82, 2.24) is 14.8 Å². The van der Waals surface area contributed by atoms with Gasteiger partial charge in [0.05, 0.1) is 23.4 Å².